The van der Waals surface area contributed by atoms with Gasteiger partial charge in [-0.2, -0.15) is 23.4 Å². The third-order valence-electron chi connectivity index (χ3n) is 5.58. The molecule has 0 radical (unpaired) electrons. The lowest BCUT2D eigenvalue weighted by Crippen LogP contribution is -2.43. The van der Waals surface area contributed by atoms with Gasteiger partial charge in [-0.3, -0.25) is 14.3 Å². The molecule has 1 N–H and O–H groups in total. The predicted octanol–water partition coefficient (Wildman–Crippen LogP) is 2.33. The summed E-state index contributed by atoms with van der Waals surface area (Å²) in [6, 6.07) is 0. The highest BCUT2D eigenvalue weighted by Gasteiger charge is 2.43. The zero-order valence-corrected chi connectivity index (χ0v) is 17.0. The second-order valence-electron chi connectivity index (χ2n) is 7.94. The van der Waals surface area contributed by atoms with Gasteiger partial charge in [-0.25, -0.2) is 4.79 Å². The fourth-order valence-electron chi connectivity index (χ4n) is 3.99. The lowest BCUT2D eigenvalue weighted by atomic mass is 9.84. The van der Waals surface area contributed by atoms with Gasteiger partial charge in [0, 0.05) is 57.6 Å². The van der Waals surface area contributed by atoms with E-state index in [1.807, 2.05) is 35.9 Å². The number of carboxylic acid groups (broad SMARTS) is 1. The average molecular weight is 429 g/mol. The minimum atomic E-state index is -5.08. The van der Waals surface area contributed by atoms with Crippen LogP contribution in [0.25, 0.3) is 0 Å². The van der Waals surface area contributed by atoms with E-state index >= 15 is 0 Å². The van der Waals surface area contributed by atoms with Gasteiger partial charge < -0.3 is 9.84 Å². The summed E-state index contributed by atoms with van der Waals surface area (Å²) in [6.07, 6.45) is 6.51. The number of alkyl halides is 3. The number of ether oxygens (including phenoxy) is 1. The van der Waals surface area contributed by atoms with Crippen molar-refractivity contribution in [3.8, 4) is 0 Å². The number of aryl methyl sites for hydroxylation is 2. The number of likely N-dealkylation sites (tertiary alicyclic amines) is 1. The Bertz CT molecular complexity index is 856. The van der Waals surface area contributed by atoms with Crippen molar-refractivity contribution in [2.75, 3.05) is 19.7 Å². The van der Waals surface area contributed by atoms with E-state index < -0.39 is 12.1 Å². The first kappa shape index (κ1) is 22.3. The van der Waals surface area contributed by atoms with Crippen LogP contribution in [0, 0.1) is 0 Å². The SMILES string of the molecule is Cn1cc(CN2CCC3(CC2)CC(c2cnn(C)c2)CO3)cn1.O=C(O)C(F)(F)F. The van der Waals surface area contributed by atoms with Crippen LogP contribution in [0.1, 0.15) is 36.3 Å². The van der Waals surface area contributed by atoms with E-state index in [2.05, 4.69) is 27.5 Å². The molecule has 0 bridgehead atoms. The highest BCUT2D eigenvalue weighted by Crippen LogP contribution is 2.42. The van der Waals surface area contributed by atoms with Crippen LogP contribution in [-0.4, -0.2) is 67.0 Å². The molecule has 2 aromatic rings. The van der Waals surface area contributed by atoms with Crippen molar-refractivity contribution in [3.63, 3.8) is 0 Å². The molecular weight excluding hydrogens is 403 g/mol. The van der Waals surface area contributed by atoms with Crippen molar-refractivity contribution < 1.29 is 27.8 Å². The number of rotatable bonds is 3. The van der Waals surface area contributed by atoms with Gasteiger partial charge in [0.2, 0.25) is 0 Å². The van der Waals surface area contributed by atoms with Crippen LogP contribution in [0.4, 0.5) is 13.2 Å². The molecule has 2 saturated heterocycles. The van der Waals surface area contributed by atoms with Crippen molar-refractivity contribution in [2.24, 2.45) is 14.1 Å². The quantitative estimate of drug-likeness (QED) is 0.806. The van der Waals surface area contributed by atoms with Crippen LogP contribution in [0.5, 0.6) is 0 Å². The maximum atomic E-state index is 10.6. The van der Waals surface area contributed by atoms with Gasteiger partial charge in [0.1, 0.15) is 0 Å². The van der Waals surface area contributed by atoms with Crippen LogP contribution in [0.2, 0.25) is 0 Å². The van der Waals surface area contributed by atoms with Gasteiger partial charge in [0.15, 0.2) is 0 Å². The van der Waals surface area contributed by atoms with Gasteiger partial charge in [-0.15, -0.1) is 0 Å². The Kier molecular flexibility index (Phi) is 6.51. The molecule has 166 valence electrons. The fourth-order valence-corrected chi connectivity index (χ4v) is 3.99. The van der Waals surface area contributed by atoms with Crippen molar-refractivity contribution in [2.45, 2.75) is 43.5 Å². The zero-order chi connectivity index (χ0) is 21.9. The van der Waals surface area contributed by atoms with Crippen LogP contribution in [-0.2, 0) is 30.2 Å². The third-order valence-corrected chi connectivity index (χ3v) is 5.58. The summed E-state index contributed by atoms with van der Waals surface area (Å²) in [5.41, 5.74) is 2.71. The van der Waals surface area contributed by atoms with Gasteiger partial charge in [-0.05, 0) is 24.8 Å². The normalized spacial score (nSPS) is 21.4. The fraction of sp³-hybridized carbons (Fsp3) is 0.632. The Morgan fingerprint density at radius 1 is 1.20 bits per heavy atom. The monoisotopic (exact) mass is 429 g/mol. The van der Waals surface area contributed by atoms with Gasteiger partial charge in [0.25, 0.3) is 0 Å². The smallest absolute Gasteiger partial charge is 0.475 e. The van der Waals surface area contributed by atoms with Gasteiger partial charge in [-0.1, -0.05) is 0 Å². The Hall–Kier alpha value is -2.40. The molecule has 2 aliphatic heterocycles. The van der Waals surface area contributed by atoms with Crippen molar-refractivity contribution in [1.82, 2.24) is 24.5 Å². The van der Waals surface area contributed by atoms with E-state index in [4.69, 9.17) is 14.6 Å². The molecule has 1 spiro atoms. The molecule has 2 aromatic heterocycles. The molecule has 1 unspecified atom stereocenters. The molecule has 0 aromatic carbocycles. The number of halogens is 3. The summed E-state index contributed by atoms with van der Waals surface area (Å²) in [4.78, 5) is 11.4. The van der Waals surface area contributed by atoms with Crippen molar-refractivity contribution in [3.05, 3.63) is 35.9 Å². The van der Waals surface area contributed by atoms with E-state index in [9.17, 15) is 13.2 Å². The van der Waals surface area contributed by atoms with Crippen LogP contribution < -0.4 is 0 Å². The largest absolute Gasteiger partial charge is 0.490 e. The first-order chi connectivity index (χ1) is 14.1. The number of aliphatic carboxylic acids is 1. The summed E-state index contributed by atoms with van der Waals surface area (Å²) < 4.78 is 41.8. The predicted molar refractivity (Wildman–Crippen MR) is 101 cm³/mol. The Labute approximate surface area is 172 Å². The molecule has 1 atom stereocenters. The number of piperidine rings is 1. The highest BCUT2D eigenvalue weighted by atomic mass is 19.4. The molecular formula is C19H26F3N5O3. The maximum absolute atomic E-state index is 10.6. The van der Waals surface area contributed by atoms with E-state index in [1.54, 1.807) is 0 Å². The number of aromatic nitrogens is 4. The molecule has 0 aliphatic carbocycles. The zero-order valence-electron chi connectivity index (χ0n) is 17.0. The standard InChI is InChI=1S/C17H25N5O.C2HF3O2/c1-20-10-14(8-18-20)11-22-5-3-17(4-6-22)7-15(13-23-17)16-9-19-21(2)12-16;3-2(4,5)1(6)7/h8-10,12,15H,3-7,11,13H2,1-2H3;(H,6,7). The lowest BCUT2D eigenvalue weighted by Gasteiger charge is -2.38. The van der Waals surface area contributed by atoms with Crippen LogP contribution in [0.3, 0.4) is 0 Å². The Morgan fingerprint density at radius 2 is 1.80 bits per heavy atom. The van der Waals surface area contributed by atoms with E-state index in [0.29, 0.717) is 5.92 Å². The first-order valence-electron chi connectivity index (χ1n) is 9.69. The maximum Gasteiger partial charge on any atom is 0.490 e. The molecule has 0 saturated carbocycles. The molecule has 4 heterocycles. The highest BCUT2D eigenvalue weighted by molar-refractivity contribution is 5.73. The summed E-state index contributed by atoms with van der Waals surface area (Å²) in [6.45, 7) is 4.05. The molecule has 2 fully saturated rings. The molecule has 11 heteroatoms. The molecule has 8 nitrogen and oxygen atoms in total. The minimum Gasteiger partial charge on any atom is -0.475 e. The van der Waals surface area contributed by atoms with Crippen molar-refractivity contribution >= 4 is 5.97 Å². The van der Waals surface area contributed by atoms with Crippen LogP contribution in [0.15, 0.2) is 24.8 Å². The van der Waals surface area contributed by atoms with E-state index in [-0.39, 0.29) is 5.60 Å². The second kappa shape index (κ2) is 8.76. The van der Waals surface area contributed by atoms with Crippen LogP contribution >= 0.6 is 0 Å². The average Bonchev–Trinajstić information content (AvgIpc) is 3.38. The Morgan fingerprint density at radius 3 is 2.30 bits per heavy atom. The van der Waals surface area contributed by atoms with Gasteiger partial charge >= 0.3 is 12.1 Å². The summed E-state index contributed by atoms with van der Waals surface area (Å²) in [7, 11) is 3.95. The lowest BCUT2D eigenvalue weighted by molar-refractivity contribution is -0.192. The number of carbonyl (C=O) groups is 1. The molecule has 0 amide bonds. The number of nitrogens with zero attached hydrogens (tertiary/aromatic N) is 5. The molecule has 30 heavy (non-hydrogen) atoms. The summed E-state index contributed by atoms with van der Waals surface area (Å²) >= 11 is 0. The third kappa shape index (κ3) is 5.60. The topological polar surface area (TPSA) is 85.4 Å². The molecule has 2 aliphatic rings. The Balaban J connectivity index is 0.000000318. The number of hydrogen-bond donors (Lipinski definition) is 1. The van der Waals surface area contributed by atoms with E-state index in [1.165, 1.54) is 11.1 Å². The summed E-state index contributed by atoms with van der Waals surface area (Å²) in [5, 5.41) is 15.7. The summed E-state index contributed by atoms with van der Waals surface area (Å²) in [5.74, 6) is -2.25. The minimum absolute atomic E-state index is 0.0892. The number of hydrogen-bond acceptors (Lipinski definition) is 5. The second-order valence-corrected chi connectivity index (χ2v) is 7.94. The molecule has 4 rings (SSSR count). The first-order valence-corrected chi connectivity index (χ1v) is 9.69. The van der Waals surface area contributed by atoms with E-state index in [0.717, 1.165) is 45.5 Å². The number of carboxylic acids is 1. The van der Waals surface area contributed by atoms with Crippen molar-refractivity contribution in [1.29, 1.82) is 0 Å². The van der Waals surface area contributed by atoms with Gasteiger partial charge in [0.05, 0.1) is 24.6 Å².